The molecule has 0 fully saturated rings. The molecule has 32 heavy (non-hydrogen) atoms. The summed E-state index contributed by atoms with van der Waals surface area (Å²) in [5.74, 6) is -0.497. The molecule has 1 aromatic heterocycles. The van der Waals surface area contributed by atoms with Gasteiger partial charge in [-0.15, -0.1) is 11.3 Å². The van der Waals surface area contributed by atoms with E-state index in [0.717, 1.165) is 41.5 Å². The molecule has 0 radical (unpaired) electrons. The number of amides is 1. The second-order valence-electron chi connectivity index (χ2n) is 8.21. The van der Waals surface area contributed by atoms with E-state index in [-0.39, 0.29) is 0 Å². The van der Waals surface area contributed by atoms with E-state index in [4.69, 9.17) is 10.2 Å². The molecular weight excluding hydrogens is 418 g/mol. The van der Waals surface area contributed by atoms with Crippen molar-refractivity contribution in [3.8, 4) is 11.3 Å². The normalized spacial score (nSPS) is 10.8. The summed E-state index contributed by atoms with van der Waals surface area (Å²) in [4.78, 5) is 18.9. The molecule has 0 atom stereocenters. The van der Waals surface area contributed by atoms with Crippen LogP contribution in [0.4, 0.5) is 5.13 Å². The molecule has 0 aliphatic rings. The van der Waals surface area contributed by atoms with E-state index in [1.807, 2.05) is 12.1 Å². The molecule has 170 valence electrons. The van der Waals surface area contributed by atoms with Crippen LogP contribution in [0.25, 0.3) is 11.3 Å². The van der Waals surface area contributed by atoms with Gasteiger partial charge >= 0.3 is 0 Å². The summed E-state index contributed by atoms with van der Waals surface area (Å²) in [6.07, 6.45) is 7.51. The molecule has 0 unspecified atom stereocenters. The highest BCUT2D eigenvalue weighted by atomic mass is 32.1. The van der Waals surface area contributed by atoms with Gasteiger partial charge in [-0.1, -0.05) is 81.0 Å². The number of nitrogens with zero attached hydrogens (tertiary/aromatic N) is 2. The maximum absolute atomic E-state index is 11.6. The zero-order valence-electron chi connectivity index (χ0n) is 19.0. The molecule has 2 N–H and O–H groups in total. The number of benzene rings is 2. The standard InChI is InChI=1S/C26H33N3O2S/c1-3-4-5-6-7-8-17-29(18-21-11-15-23(16-12-21)25(30)28-31)26-27-24(19-32-26)22-13-9-20(2)10-14-22/h9-16,19,31H,3-8,17-18H2,1-2H3,(H,28,30). The summed E-state index contributed by atoms with van der Waals surface area (Å²) in [6, 6.07) is 15.8. The fraction of sp³-hybridized carbons (Fsp3) is 0.385. The van der Waals surface area contributed by atoms with Gasteiger partial charge in [-0.3, -0.25) is 10.0 Å². The molecule has 6 heteroatoms. The van der Waals surface area contributed by atoms with Gasteiger partial charge in [0, 0.05) is 29.6 Å². The Labute approximate surface area is 195 Å². The van der Waals surface area contributed by atoms with Crippen molar-refractivity contribution in [2.45, 2.75) is 58.9 Å². The number of hydrogen-bond acceptors (Lipinski definition) is 5. The SMILES string of the molecule is CCCCCCCCN(Cc1ccc(C(=O)NO)cc1)c1nc(-c2ccc(C)cc2)cs1. The predicted molar refractivity (Wildman–Crippen MR) is 132 cm³/mol. The lowest BCUT2D eigenvalue weighted by Crippen LogP contribution is -2.24. The second-order valence-corrected chi connectivity index (χ2v) is 9.05. The first-order valence-corrected chi connectivity index (χ1v) is 12.3. The van der Waals surface area contributed by atoms with E-state index in [1.165, 1.54) is 37.7 Å². The van der Waals surface area contributed by atoms with Gasteiger partial charge in [0.15, 0.2) is 5.13 Å². The van der Waals surface area contributed by atoms with Gasteiger partial charge in [0.05, 0.1) is 5.69 Å². The zero-order chi connectivity index (χ0) is 22.8. The summed E-state index contributed by atoms with van der Waals surface area (Å²) in [5, 5.41) is 12.0. The van der Waals surface area contributed by atoms with E-state index in [9.17, 15) is 4.79 Å². The molecule has 1 amide bonds. The van der Waals surface area contributed by atoms with Gasteiger partial charge in [0.25, 0.3) is 5.91 Å². The Hall–Kier alpha value is -2.70. The van der Waals surface area contributed by atoms with Crippen LogP contribution in [0.1, 0.15) is 66.9 Å². The minimum Gasteiger partial charge on any atom is -0.344 e. The van der Waals surface area contributed by atoms with Crippen LogP contribution >= 0.6 is 11.3 Å². The zero-order valence-corrected chi connectivity index (χ0v) is 19.8. The predicted octanol–water partition coefficient (Wildman–Crippen LogP) is 6.60. The summed E-state index contributed by atoms with van der Waals surface area (Å²) in [6.45, 7) is 6.02. The largest absolute Gasteiger partial charge is 0.344 e. The Balaban J connectivity index is 1.71. The highest BCUT2D eigenvalue weighted by Crippen LogP contribution is 2.29. The van der Waals surface area contributed by atoms with Crippen molar-refractivity contribution in [1.29, 1.82) is 0 Å². The number of hydrogen-bond donors (Lipinski definition) is 2. The number of thiazole rings is 1. The average Bonchev–Trinajstić information content (AvgIpc) is 3.31. The molecule has 0 aliphatic heterocycles. The van der Waals surface area contributed by atoms with Gasteiger partial charge < -0.3 is 4.90 Å². The third-order valence-corrected chi connectivity index (χ3v) is 6.48. The Bertz CT molecular complexity index is 967. The van der Waals surface area contributed by atoms with Gasteiger partial charge in [0.1, 0.15) is 0 Å². The summed E-state index contributed by atoms with van der Waals surface area (Å²) < 4.78 is 0. The number of aromatic nitrogens is 1. The van der Waals surface area contributed by atoms with Crippen LogP contribution in [0.3, 0.4) is 0 Å². The van der Waals surface area contributed by atoms with Crippen molar-refractivity contribution in [3.05, 3.63) is 70.6 Å². The molecule has 2 aromatic carbocycles. The lowest BCUT2D eigenvalue weighted by atomic mass is 10.1. The minimum atomic E-state index is -0.497. The second kappa shape index (κ2) is 12.4. The molecular formula is C26H33N3O2S. The van der Waals surface area contributed by atoms with Crippen LogP contribution in [0.5, 0.6) is 0 Å². The minimum absolute atomic E-state index is 0.439. The summed E-state index contributed by atoms with van der Waals surface area (Å²) in [7, 11) is 0. The maximum Gasteiger partial charge on any atom is 0.274 e. The van der Waals surface area contributed by atoms with Crippen molar-refractivity contribution in [2.24, 2.45) is 0 Å². The van der Waals surface area contributed by atoms with Gasteiger partial charge in [-0.05, 0) is 31.0 Å². The van der Waals surface area contributed by atoms with E-state index in [1.54, 1.807) is 28.9 Å². The molecule has 0 saturated carbocycles. The van der Waals surface area contributed by atoms with Gasteiger partial charge in [-0.25, -0.2) is 10.5 Å². The fourth-order valence-corrected chi connectivity index (χ4v) is 4.50. The number of carbonyl (C=O) groups is 1. The topological polar surface area (TPSA) is 65.5 Å². The van der Waals surface area contributed by atoms with Crippen LogP contribution in [0.15, 0.2) is 53.9 Å². The van der Waals surface area contributed by atoms with E-state index in [2.05, 4.69) is 48.4 Å². The van der Waals surface area contributed by atoms with Crippen molar-refractivity contribution < 1.29 is 10.0 Å². The van der Waals surface area contributed by atoms with Crippen LogP contribution in [-0.2, 0) is 6.54 Å². The number of carbonyl (C=O) groups excluding carboxylic acids is 1. The van der Waals surface area contributed by atoms with E-state index >= 15 is 0 Å². The maximum atomic E-state index is 11.6. The average molecular weight is 452 g/mol. The molecule has 0 aliphatic carbocycles. The van der Waals surface area contributed by atoms with E-state index in [0.29, 0.717) is 5.56 Å². The fourth-order valence-electron chi connectivity index (χ4n) is 3.64. The molecule has 5 nitrogen and oxygen atoms in total. The third kappa shape index (κ3) is 6.90. The molecule has 3 aromatic rings. The first-order chi connectivity index (χ1) is 15.6. The number of hydroxylamine groups is 1. The summed E-state index contributed by atoms with van der Waals surface area (Å²) in [5.41, 5.74) is 6.61. The smallest absolute Gasteiger partial charge is 0.274 e. The summed E-state index contributed by atoms with van der Waals surface area (Å²) >= 11 is 1.68. The lowest BCUT2D eigenvalue weighted by molar-refractivity contribution is 0.0706. The van der Waals surface area contributed by atoms with Crippen LogP contribution in [-0.4, -0.2) is 22.6 Å². The van der Waals surface area contributed by atoms with Crippen LogP contribution in [0, 0.1) is 6.92 Å². The molecule has 1 heterocycles. The first-order valence-electron chi connectivity index (χ1n) is 11.4. The first kappa shape index (κ1) is 24.0. The van der Waals surface area contributed by atoms with Crippen LogP contribution < -0.4 is 10.4 Å². The Morgan fingerprint density at radius 1 is 1.00 bits per heavy atom. The monoisotopic (exact) mass is 451 g/mol. The van der Waals surface area contributed by atoms with Crippen molar-refractivity contribution in [1.82, 2.24) is 10.5 Å². The number of rotatable bonds is 12. The Morgan fingerprint density at radius 2 is 1.69 bits per heavy atom. The van der Waals surface area contributed by atoms with Crippen molar-refractivity contribution in [3.63, 3.8) is 0 Å². The van der Waals surface area contributed by atoms with Crippen molar-refractivity contribution >= 4 is 22.4 Å². The highest BCUT2D eigenvalue weighted by molar-refractivity contribution is 7.14. The van der Waals surface area contributed by atoms with Crippen LogP contribution in [0.2, 0.25) is 0 Å². The molecule has 3 rings (SSSR count). The third-order valence-electron chi connectivity index (χ3n) is 5.58. The molecule has 0 spiro atoms. The lowest BCUT2D eigenvalue weighted by Gasteiger charge is -2.22. The van der Waals surface area contributed by atoms with Crippen molar-refractivity contribution in [2.75, 3.05) is 11.4 Å². The molecule has 0 bridgehead atoms. The highest BCUT2D eigenvalue weighted by Gasteiger charge is 2.14. The number of nitrogens with one attached hydrogen (secondary N) is 1. The number of anilines is 1. The Kier molecular flexibility index (Phi) is 9.26. The van der Waals surface area contributed by atoms with E-state index < -0.39 is 5.91 Å². The number of unbranched alkanes of at least 4 members (excludes halogenated alkanes) is 5. The Morgan fingerprint density at radius 3 is 2.38 bits per heavy atom. The quantitative estimate of drug-likeness (QED) is 0.185. The number of aryl methyl sites for hydroxylation is 1. The van der Waals surface area contributed by atoms with Gasteiger partial charge in [-0.2, -0.15) is 0 Å². The molecule has 0 saturated heterocycles. The van der Waals surface area contributed by atoms with Gasteiger partial charge in [0.2, 0.25) is 0 Å².